The topological polar surface area (TPSA) is 67.2 Å². The molecule has 3 aromatic rings. The second-order valence-electron chi connectivity index (χ2n) is 8.30. The standard InChI is InChI=1S/C25H27FN4O2/c1-16-6-4-5-15-29(16)25(32)20-9-13-22(14-10-20)30-24(27-18(3)31)23(17(2)28-30)19-7-11-21(26)12-8-19/h7-14,16H,4-6,15H2,1-3H3,(H,27,31). The number of nitrogens with zero attached hydrogens (tertiary/aromatic N) is 3. The number of hydrogen-bond acceptors (Lipinski definition) is 3. The highest BCUT2D eigenvalue weighted by molar-refractivity contribution is 5.95. The largest absolute Gasteiger partial charge is 0.336 e. The van der Waals surface area contributed by atoms with Crippen molar-refractivity contribution in [2.45, 2.75) is 46.1 Å². The summed E-state index contributed by atoms with van der Waals surface area (Å²) >= 11 is 0. The van der Waals surface area contributed by atoms with Crippen molar-refractivity contribution in [1.82, 2.24) is 14.7 Å². The van der Waals surface area contributed by atoms with Crippen molar-refractivity contribution in [3.8, 4) is 16.8 Å². The summed E-state index contributed by atoms with van der Waals surface area (Å²) in [5.74, 6) is -0.0247. The first-order valence-electron chi connectivity index (χ1n) is 10.9. The third-order valence-electron chi connectivity index (χ3n) is 5.91. The van der Waals surface area contributed by atoms with Gasteiger partial charge in [-0.3, -0.25) is 9.59 Å². The van der Waals surface area contributed by atoms with E-state index < -0.39 is 0 Å². The highest BCUT2D eigenvalue weighted by Crippen LogP contribution is 2.33. The van der Waals surface area contributed by atoms with Crippen molar-refractivity contribution in [2.24, 2.45) is 0 Å². The van der Waals surface area contributed by atoms with Crippen LogP contribution in [0.15, 0.2) is 48.5 Å². The van der Waals surface area contributed by atoms with Crippen LogP contribution in [0.25, 0.3) is 16.8 Å². The van der Waals surface area contributed by atoms with E-state index in [4.69, 9.17) is 0 Å². The van der Waals surface area contributed by atoms with E-state index in [2.05, 4.69) is 17.3 Å². The van der Waals surface area contributed by atoms with Gasteiger partial charge in [-0.2, -0.15) is 5.10 Å². The second kappa shape index (κ2) is 8.94. The van der Waals surface area contributed by atoms with Crippen LogP contribution in [0.1, 0.15) is 49.2 Å². The maximum Gasteiger partial charge on any atom is 0.254 e. The number of halogens is 1. The van der Waals surface area contributed by atoms with Crippen LogP contribution in [0.5, 0.6) is 0 Å². The molecule has 0 radical (unpaired) electrons. The second-order valence-corrected chi connectivity index (χ2v) is 8.30. The first-order chi connectivity index (χ1) is 15.3. The smallest absolute Gasteiger partial charge is 0.254 e. The fourth-order valence-electron chi connectivity index (χ4n) is 4.27. The SMILES string of the molecule is CC(=O)Nc1c(-c2ccc(F)cc2)c(C)nn1-c1ccc(C(=O)N2CCCCC2C)cc1. The minimum atomic E-state index is -0.330. The Hall–Kier alpha value is -3.48. The van der Waals surface area contributed by atoms with Gasteiger partial charge in [0.2, 0.25) is 5.91 Å². The zero-order valence-electron chi connectivity index (χ0n) is 18.6. The number of nitrogens with one attached hydrogen (secondary N) is 1. The van der Waals surface area contributed by atoms with Crippen LogP contribution in [-0.2, 0) is 4.79 Å². The van der Waals surface area contributed by atoms with Crippen LogP contribution in [0, 0.1) is 12.7 Å². The summed E-state index contributed by atoms with van der Waals surface area (Å²) in [4.78, 5) is 26.8. The third-order valence-corrected chi connectivity index (χ3v) is 5.91. The van der Waals surface area contributed by atoms with Gasteiger partial charge in [-0.1, -0.05) is 12.1 Å². The Kier molecular flexibility index (Phi) is 6.08. The zero-order chi connectivity index (χ0) is 22.8. The number of piperidine rings is 1. The minimum Gasteiger partial charge on any atom is -0.336 e. The summed E-state index contributed by atoms with van der Waals surface area (Å²) in [5.41, 5.74) is 3.52. The number of aryl methyl sites for hydroxylation is 1. The summed E-state index contributed by atoms with van der Waals surface area (Å²) in [6.07, 6.45) is 3.22. The number of amides is 2. The molecule has 1 aliphatic heterocycles. The first kappa shape index (κ1) is 21.7. The van der Waals surface area contributed by atoms with E-state index in [0.717, 1.165) is 36.9 Å². The Morgan fingerprint density at radius 1 is 1.06 bits per heavy atom. The van der Waals surface area contributed by atoms with Gasteiger partial charge in [0, 0.05) is 30.6 Å². The molecule has 0 bridgehead atoms. The van der Waals surface area contributed by atoms with Crippen molar-refractivity contribution in [2.75, 3.05) is 11.9 Å². The van der Waals surface area contributed by atoms with Crippen LogP contribution >= 0.6 is 0 Å². The van der Waals surface area contributed by atoms with E-state index in [1.54, 1.807) is 28.9 Å². The van der Waals surface area contributed by atoms with E-state index in [0.29, 0.717) is 22.8 Å². The van der Waals surface area contributed by atoms with Gasteiger partial charge in [0.05, 0.1) is 11.4 Å². The molecule has 0 spiro atoms. The molecule has 2 heterocycles. The summed E-state index contributed by atoms with van der Waals surface area (Å²) in [6, 6.07) is 13.6. The molecular weight excluding hydrogens is 407 g/mol. The molecule has 7 heteroatoms. The highest BCUT2D eigenvalue weighted by atomic mass is 19.1. The van der Waals surface area contributed by atoms with E-state index in [-0.39, 0.29) is 23.7 Å². The van der Waals surface area contributed by atoms with E-state index in [9.17, 15) is 14.0 Å². The van der Waals surface area contributed by atoms with Crippen molar-refractivity contribution in [1.29, 1.82) is 0 Å². The lowest BCUT2D eigenvalue weighted by Gasteiger charge is -2.33. The molecule has 2 amide bonds. The number of likely N-dealkylation sites (tertiary alicyclic amines) is 1. The highest BCUT2D eigenvalue weighted by Gasteiger charge is 2.24. The molecule has 1 fully saturated rings. The van der Waals surface area contributed by atoms with Gasteiger partial charge < -0.3 is 10.2 Å². The third kappa shape index (κ3) is 4.28. The molecule has 1 aliphatic rings. The Balaban J connectivity index is 1.70. The normalized spacial score (nSPS) is 16.1. The van der Waals surface area contributed by atoms with Gasteiger partial charge >= 0.3 is 0 Å². The first-order valence-corrected chi connectivity index (χ1v) is 10.9. The molecule has 4 rings (SSSR count). The van der Waals surface area contributed by atoms with Gasteiger partial charge in [0.1, 0.15) is 11.6 Å². The number of carbonyl (C=O) groups is 2. The number of anilines is 1. The van der Waals surface area contributed by atoms with Crippen molar-refractivity contribution < 1.29 is 14.0 Å². The van der Waals surface area contributed by atoms with E-state index in [1.807, 2.05) is 24.0 Å². The predicted octanol–water partition coefficient (Wildman–Crippen LogP) is 4.96. The van der Waals surface area contributed by atoms with Crippen LogP contribution in [-0.4, -0.2) is 39.1 Å². The van der Waals surface area contributed by atoms with Gasteiger partial charge in [0.25, 0.3) is 5.91 Å². The molecule has 1 N–H and O–H groups in total. The van der Waals surface area contributed by atoms with Crippen molar-refractivity contribution >= 4 is 17.6 Å². The average molecular weight is 435 g/mol. The van der Waals surface area contributed by atoms with Crippen molar-refractivity contribution in [3.63, 3.8) is 0 Å². The molecule has 2 aromatic carbocycles. The average Bonchev–Trinajstić information content (AvgIpc) is 3.09. The molecule has 6 nitrogen and oxygen atoms in total. The van der Waals surface area contributed by atoms with Crippen LogP contribution in [0.2, 0.25) is 0 Å². The van der Waals surface area contributed by atoms with Gasteiger partial charge in [-0.25, -0.2) is 9.07 Å². The monoisotopic (exact) mass is 434 g/mol. The number of rotatable bonds is 4. The van der Waals surface area contributed by atoms with E-state index >= 15 is 0 Å². The van der Waals surface area contributed by atoms with Crippen LogP contribution in [0.3, 0.4) is 0 Å². The van der Waals surface area contributed by atoms with Crippen molar-refractivity contribution in [3.05, 3.63) is 65.6 Å². The zero-order valence-corrected chi connectivity index (χ0v) is 18.6. The molecule has 32 heavy (non-hydrogen) atoms. The molecular formula is C25H27FN4O2. The lowest BCUT2D eigenvalue weighted by Crippen LogP contribution is -2.42. The Bertz CT molecular complexity index is 1140. The molecule has 0 saturated carbocycles. The fraction of sp³-hybridized carbons (Fsp3) is 0.320. The van der Waals surface area contributed by atoms with Gasteiger partial charge in [0.15, 0.2) is 0 Å². The minimum absolute atomic E-state index is 0.0366. The number of aromatic nitrogens is 2. The Morgan fingerprint density at radius 2 is 1.75 bits per heavy atom. The molecule has 1 atom stereocenters. The summed E-state index contributed by atoms with van der Waals surface area (Å²) in [5, 5.41) is 7.48. The molecule has 1 aromatic heterocycles. The number of carbonyl (C=O) groups excluding carboxylic acids is 2. The lowest BCUT2D eigenvalue weighted by molar-refractivity contribution is -0.114. The predicted molar refractivity (Wildman–Crippen MR) is 122 cm³/mol. The molecule has 1 saturated heterocycles. The molecule has 0 aliphatic carbocycles. The van der Waals surface area contributed by atoms with Gasteiger partial charge in [-0.05, 0) is 75.1 Å². The fourth-order valence-corrected chi connectivity index (χ4v) is 4.27. The van der Waals surface area contributed by atoms with Crippen LogP contribution < -0.4 is 5.32 Å². The summed E-state index contributed by atoms with van der Waals surface area (Å²) in [7, 11) is 0. The number of hydrogen-bond donors (Lipinski definition) is 1. The molecule has 1 unspecified atom stereocenters. The maximum atomic E-state index is 13.4. The lowest BCUT2D eigenvalue weighted by atomic mass is 10.0. The van der Waals surface area contributed by atoms with Crippen LogP contribution in [0.4, 0.5) is 10.2 Å². The van der Waals surface area contributed by atoms with Gasteiger partial charge in [-0.15, -0.1) is 0 Å². The Labute approximate surface area is 187 Å². The Morgan fingerprint density at radius 3 is 2.38 bits per heavy atom. The molecule has 166 valence electrons. The number of benzene rings is 2. The quantitative estimate of drug-likeness (QED) is 0.631. The summed E-state index contributed by atoms with van der Waals surface area (Å²) < 4.78 is 15.1. The van der Waals surface area contributed by atoms with E-state index in [1.165, 1.54) is 19.1 Å². The summed E-state index contributed by atoms with van der Waals surface area (Å²) in [6.45, 7) is 6.15. The maximum absolute atomic E-state index is 13.4.